The average Bonchev–Trinajstić information content (AvgIpc) is 3.53. The number of aromatic nitrogens is 1. The topological polar surface area (TPSA) is 193 Å². The highest BCUT2D eigenvalue weighted by atomic mass is 32.1. The number of aromatic hydroxyl groups is 1. The molecule has 1 heterocycles. The van der Waals surface area contributed by atoms with Crippen molar-refractivity contribution < 1.29 is 24.9 Å². The van der Waals surface area contributed by atoms with E-state index in [1.165, 1.54) is 13.3 Å². The zero-order chi connectivity index (χ0) is 32.8. The molecule has 3 aromatic rings. The quantitative estimate of drug-likeness (QED) is 0.105. The second kappa shape index (κ2) is 9.91. The van der Waals surface area contributed by atoms with E-state index in [2.05, 4.69) is 22.8 Å². The van der Waals surface area contributed by atoms with E-state index in [0.29, 0.717) is 27.0 Å². The Labute approximate surface area is 261 Å². The third-order valence-electron chi connectivity index (χ3n) is 8.92. The second-order valence-electron chi connectivity index (χ2n) is 11.0. The third-order valence-corrected chi connectivity index (χ3v) is 9.31. The highest BCUT2D eigenvalue weighted by molar-refractivity contribution is 7.80. The number of aliphatic hydroxyl groups is 2. The van der Waals surface area contributed by atoms with Gasteiger partial charge in [0.2, 0.25) is 16.3 Å². The highest BCUT2D eigenvalue weighted by Gasteiger charge is 2.54. The maximum absolute atomic E-state index is 13.8. The molecule has 46 heavy (non-hydrogen) atoms. The van der Waals surface area contributed by atoms with E-state index in [0.717, 1.165) is 13.2 Å². The summed E-state index contributed by atoms with van der Waals surface area (Å²) >= 11 is 4.63. The van der Waals surface area contributed by atoms with Crippen molar-refractivity contribution in [1.29, 1.82) is 0 Å². The fraction of sp³-hybridized carbons (Fsp3) is 0.152. The largest absolute Gasteiger partial charge is 0.510 e. The summed E-state index contributed by atoms with van der Waals surface area (Å²) in [5.74, 6) is -2.65. The van der Waals surface area contributed by atoms with E-state index in [-0.39, 0.29) is 29.5 Å². The Morgan fingerprint density at radius 2 is 1.59 bits per heavy atom. The van der Waals surface area contributed by atoms with Crippen LogP contribution in [0.5, 0.6) is 11.5 Å². The molecule has 13 heteroatoms. The standard InChI is InChI=1S/C33H22N2O10S/c1-44-17-10-16(36)21-22(26(17)37)28(39)24-23(27(21)38)30(41)33(31(24)42)8-7-14-19(13-5-3-4-6-18(13)46)15-9-12(11-34-45-2)35-32(43)20(15)29(40)25(14)33/h3-6,9-11,40-42,46H,7-8H2,1-2H3,(H,35,43)/t33-/m0/s1. The Hall–Kier alpha value is -5.69. The number of thiol groups is 1. The number of aliphatic hydroxyl groups excluding tert-OH is 2. The Bertz CT molecular complexity index is 2730. The van der Waals surface area contributed by atoms with E-state index in [9.17, 15) is 39.3 Å². The summed E-state index contributed by atoms with van der Waals surface area (Å²) in [6.07, 6.45) is 1.21. The molecule has 7 rings (SSSR count). The molecule has 0 amide bonds. The maximum Gasteiger partial charge on any atom is 0.260 e. The fourth-order valence-corrected chi connectivity index (χ4v) is 7.31. The number of benzene rings is 2. The van der Waals surface area contributed by atoms with Crippen LogP contribution in [0.15, 0.2) is 70.4 Å². The number of pyridine rings is 1. The van der Waals surface area contributed by atoms with Crippen LogP contribution in [0.2, 0.25) is 0 Å². The minimum absolute atomic E-state index is 0.0853. The second-order valence-corrected chi connectivity index (χ2v) is 11.5. The lowest BCUT2D eigenvalue weighted by Gasteiger charge is -2.28. The first-order chi connectivity index (χ1) is 22.0. The molecule has 1 aromatic heterocycles. The molecule has 0 unspecified atom stereocenters. The predicted molar refractivity (Wildman–Crippen MR) is 171 cm³/mol. The first kappa shape index (κ1) is 29.0. The van der Waals surface area contributed by atoms with Gasteiger partial charge in [0.25, 0.3) is 5.56 Å². The van der Waals surface area contributed by atoms with Crippen LogP contribution in [-0.2, 0) is 16.7 Å². The van der Waals surface area contributed by atoms with Crippen molar-refractivity contribution in [2.75, 3.05) is 14.2 Å². The Balaban J connectivity index is 1.71. The summed E-state index contributed by atoms with van der Waals surface area (Å²) in [6.45, 7) is 0. The minimum Gasteiger partial charge on any atom is -0.510 e. The molecule has 2 aromatic carbocycles. The SMILES string of the molecule is CON=Cc1cc2c(-c3ccccc3S)c3c(c(O)c2c(=O)[nH]1)[C@@]1(CC3)C(O)=c2c(=O)c3c(=O)cc(OC)c(=O)c=3c(=O)c2=C1O. The van der Waals surface area contributed by atoms with Gasteiger partial charge in [-0.05, 0) is 41.7 Å². The number of H-pyrrole nitrogens is 1. The average molecular weight is 639 g/mol. The number of fused-ring (bicyclic) bond motifs is 4. The predicted octanol–water partition coefficient (Wildman–Crippen LogP) is 0.450. The number of phenols is 1. The smallest absolute Gasteiger partial charge is 0.260 e. The highest BCUT2D eigenvalue weighted by Crippen LogP contribution is 2.57. The van der Waals surface area contributed by atoms with Crippen molar-refractivity contribution in [2.24, 2.45) is 5.16 Å². The number of nitrogens with zero attached hydrogens (tertiary/aromatic N) is 1. The molecule has 4 N–H and O–H groups in total. The Kier molecular flexibility index (Phi) is 6.26. The van der Waals surface area contributed by atoms with Gasteiger partial charge in [-0.3, -0.25) is 24.0 Å². The summed E-state index contributed by atoms with van der Waals surface area (Å²) in [6, 6.07) is 9.34. The molecule has 4 aliphatic carbocycles. The molecule has 0 bridgehead atoms. The zero-order valence-corrected chi connectivity index (χ0v) is 24.9. The molecule has 12 nitrogen and oxygen atoms in total. The third kappa shape index (κ3) is 3.51. The van der Waals surface area contributed by atoms with E-state index >= 15 is 0 Å². The molecule has 0 radical (unpaired) electrons. The van der Waals surface area contributed by atoms with Gasteiger partial charge in [-0.2, -0.15) is 0 Å². The van der Waals surface area contributed by atoms with Crippen molar-refractivity contribution in [2.45, 2.75) is 23.2 Å². The van der Waals surface area contributed by atoms with Gasteiger partial charge >= 0.3 is 0 Å². The number of phenolic OH excluding ortho intramolecular Hbond substituents is 1. The molecule has 0 saturated carbocycles. The van der Waals surface area contributed by atoms with Crippen molar-refractivity contribution in [3.05, 3.63) is 125 Å². The van der Waals surface area contributed by atoms with Crippen LogP contribution in [0, 0.1) is 10.4 Å². The summed E-state index contributed by atoms with van der Waals surface area (Å²) < 4.78 is 4.93. The number of hydrogen-bond acceptors (Lipinski definition) is 12. The lowest BCUT2D eigenvalue weighted by Crippen LogP contribution is -2.51. The van der Waals surface area contributed by atoms with Crippen LogP contribution < -0.4 is 42.4 Å². The molecule has 230 valence electrons. The summed E-state index contributed by atoms with van der Waals surface area (Å²) in [5.41, 5.74) is -5.55. The lowest BCUT2D eigenvalue weighted by molar-refractivity contribution is 0.215. The molecular formula is C33H22N2O10S. The number of nitrogens with one attached hydrogen (secondary N) is 1. The van der Waals surface area contributed by atoms with Gasteiger partial charge in [0.1, 0.15) is 29.8 Å². The fourth-order valence-electron chi connectivity index (χ4n) is 7.04. The van der Waals surface area contributed by atoms with Crippen molar-refractivity contribution in [3.63, 3.8) is 0 Å². The van der Waals surface area contributed by atoms with Crippen LogP contribution in [0.3, 0.4) is 0 Å². The van der Waals surface area contributed by atoms with Crippen molar-refractivity contribution >= 4 is 41.1 Å². The molecule has 1 spiro atoms. The molecule has 0 saturated heterocycles. The van der Waals surface area contributed by atoms with E-state index < -0.39 is 76.6 Å². The normalized spacial score (nSPS) is 17.0. The van der Waals surface area contributed by atoms with E-state index in [1.807, 2.05) is 0 Å². The first-order valence-electron chi connectivity index (χ1n) is 13.9. The van der Waals surface area contributed by atoms with Crippen molar-refractivity contribution in [3.8, 4) is 22.6 Å². The van der Waals surface area contributed by atoms with E-state index in [4.69, 9.17) is 9.57 Å². The van der Waals surface area contributed by atoms with Gasteiger partial charge in [-0.1, -0.05) is 23.4 Å². The van der Waals surface area contributed by atoms with Crippen LogP contribution in [0.4, 0.5) is 0 Å². The summed E-state index contributed by atoms with van der Waals surface area (Å²) in [4.78, 5) is 75.1. The number of ether oxygens (including phenoxy) is 1. The van der Waals surface area contributed by atoms with Gasteiger partial charge in [0.05, 0.1) is 45.3 Å². The van der Waals surface area contributed by atoms with Crippen LogP contribution >= 0.6 is 12.6 Å². The molecule has 1 atom stereocenters. The van der Waals surface area contributed by atoms with Gasteiger partial charge in [-0.15, -0.1) is 12.6 Å². The number of aromatic amines is 1. The molecular weight excluding hydrogens is 616 g/mol. The first-order valence-corrected chi connectivity index (χ1v) is 14.3. The monoisotopic (exact) mass is 638 g/mol. The minimum atomic E-state index is -2.06. The van der Waals surface area contributed by atoms with E-state index in [1.54, 1.807) is 30.3 Å². The van der Waals surface area contributed by atoms with Gasteiger partial charge in [0, 0.05) is 21.9 Å². The number of rotatable bonds is 4. The lowest BCUT2D eigenvalue weighted by atomic mass is 9.77. The summed E-state index contributed by atoms with van der Waals surface area (Å²) in [7, 11) is 2.45. The van der Waals surface area contributed by atoms with Crippen LogP contribution in [0.1, 0.15) is 23.2 Å². The molecule has 4 aliphatic rings. The van der Waals surface area contributed by atoms with Crippen LogP contribution in [-0.4, -0.2) is 40.7 Å². The number of oxime groups is 1. The van der Waals surface area contributed by atoms with Crippen molar-refractivity contribution in [1.82, 2.24) is 4.98 Å². The van der Waals surface area contributed by atoms with Gasteiger partial charge < -0.3 is 29.9 Å². The Morgan fingerprint density at radius 1 is 0.913 bits per heavy atom. The molecule has 0 aliphatic heterocycles. The Morgan fingerprint density at radius 3 is 2.24 bits per heavy atom. The van der Waals surface area contributed by atoms with Gasteiger partial charge in [0.15, 0.2) is 11.2 Å². The number of methoxy groups -OCH3 is 1. The maximum atomic E-state index is 13.8. The number of hydrogen-bond donors (Lipinski definition) is 5. The van der Waals surface area contributed by atoms with Crippen LogP contribution in [0.25, 0.3) is 33.4 Å². The zero-order valence-electron chi connectivity index (χ0n) is 24.0. The van der Waals surface area contributed by atoms with Gasteiger partial charge in [-0.25, -0.2) is 0 Å². The molecule has 0 fully saturated rings. The summed E-state index contributed by atoms with van der Waals surface area (Å²) in [5, 5.41) is 36.5.